The summed E-state index contributed by atoms with van der Waals surface area (Å²) in [6.07, 6.45) is 0. The zero-order valence-corrected chi connectivity index (χ0v) is 7.94. The van der Waals surface area contributed by atoms with Crippen LogP contribution >= 0.6 is 11.8 Å². The molecule has 13 heavy (non-hydrogen) atoms. The Morgan fingerprint density at radius 2 is 2.54 bits per heavy atom. The fourth-order valence-electron chi connectivity index (χ4n) is 0.698. The fraction of sp³-hybridized carbons (Fsp3) is 0.250. The zero-order chi connectivity index (χ0) is 9.68. The fourth-order valence-corrected chi connectivity index (χ4v) is 1.39. The molecule has 0 radical (unpaired) electrons. The summed E-state index contributed by atoms with van der Waals surface area (Å²) in [7, 11) is 0. The highest BCUT2D eigenvalue weighted by molar-refractivity contribution is 7.99. The number of aromatic amines is 1. The van der Waals surface area contributed by atoms with Gasteiger partial charge in [-0.2, -0.15) is 0 Å². The number of nitrogen functional groups attached to an aromatic ring is 1. The average molecular weight is 195 g/mol. The van der Waals surface area contributed by atoms with Gasteiger partial charge in [-0.3, -0.25) is 4.79 Å². The molecule has 1 heterocycles. The van der Waals surface area contributed by atoms with Gasteiger partial charge in [0.15, 0.2) is 5.16 Å². The highest BCUT2D eigenvalue weighted by Crippen LogP contribution is 2.10. The summed E-state index contributed by atoms with van der Waals surface area (Å²) >= 11 is 1.35. The van der Waals surface area contributed by atoms with Crippen LogP contribution in [0.4, 0.5) is 5.82 Å². The summed E-state index contributed by atoms with van der Waals surface area (Å²) in [6.45, 7) is 1.76. The SMILES string of the molecule is CC#CCSc1nc(N)cc(=O)[nH]1. The molecule has 1 aromatic rings. The topological polar surface area (TPSA) is 71.8 Å². The molecular weight excluding hydrogens is 186 g/mol. The Hall–Kier alpha value is -1.41. The van der Waals surface area contributed by atoms with E-state index in [2.05, 4.69) is 21.8 Å². The summed E-state index contributed by atoms with van der Waals surface area (Å²) in [4.78, 5) is 17.4. The third-order valence-corrected chi connectivity index (χ3v) is 1.95. The minimum Gasteiger partial charge on any atom is -0.383 e. The molecule has 4 nitrogen and oxygen atoms in total. The molecule has 0 aliphatic heterocycles. The van der Waals surface area contributed by atoms with E-state index in [4.69, 9.17) is 5.73 Å². The standard InChI is InChI=1S/C8H9N3OS/c1-2-3-4-13-8-10-6(9)5-7(12)11-8/h5H,4H2,1H3,(H3,9,10,11,12). The van der Waals surface area contributed by atoms with E-state index in [9.17, 15) is 4.79 Å². The van der Waals surface area contributed by atoms with Crippen molar-refractivity contribution in [2.45, 2.75) is 12.1 Å². The molecule has 0 aromatic carbocycles. The number of H-pyrrole nitrogens is 1. The lowest BCUT2D eigenvalue weighted by Gasteiger charge is -1.96. The van der Waals surface area contributed by atoms with Crippen molar-refractivity contribution in [2.75, 3.05) is 11.5 Å². The van der Waals surface area contributed by atoms with Gasteiger partial charge in [0, 0.05) is 6.07 Å². The predicted octanol–water partition coefficient (Wildman–Crippen LogP) is 0.467. The van der Waals surface area contributed by atoms with Gasteiger partial charge >= 0.3 is 0 Å². The molecule has 0 spiro atoms. The summed E-state index contributed by atoms with van der Waals surface area (Å²) < 4.78 is 0. The highest BCUT2D eigenvalue weighted by atomic mass is 32.2. The number of hydrogen-bond acceptors (Lipinski definition) is 4. The summed E-state index contributed by atoms with van der Waals surface area (Å²) in [6, 6.07) is 1.25. The van der Waals surface area contributed by atoms with Gasteiger partial charge in [0.05, 0.1) is 5.75 Å². The van der Waals surface area contributed by atoms with Crippen LogP contribution in [0.25, 0.3) is 0 Å². The van der Waals surface area contributed by atoms with Gasteiger partial charge in [-0.15, -0.1) is 5.92 Å². The second kappa shape index (κ2) is 4.58. The van der Waals surface area contributed by atoms with Gasteiger partial charge in [-0.1, -0.05) is 17.7 Å². The molecule has 0 aliphatic rings. The lowest BCUT2D eigenvalue weighted by molar-refractivity contribution is 0.947. The number of nitrogens with zero attached hydrogens (tertiary/aromatic N) is 1. The van der Waals surface area contributed by atoms with Gasteiger partial charge in [-0.25, -0.2) is 4.98 Å². The first-order valence-electron chi connectivity index (χ1n) is 3.61. The van der Waals surface area contributed by atoms with Crippen LogP contribution in [-0.4, -0.2) is 15.7 Å². The summed E-state index contributed by atoms with van der Waals surface area (Å²) in [5.74, 6) is 6.42. The molecule has 5 heteroatoms. The van der Waals surface area contributed by atoms with Crippen molar-refractivity contribution in [3.63, 3.8) is 0 Å². The van der Waals surface area contributed by atoms with E-state index in [-0.39, 0.29) is 11.4 Å². The van der Waals surface area contributed by atoms with Crippen molar-refractivity contribution < 1.29 is 0 Å². The van der Waals surface area contributed by atoms with Crippen LogP contribution in [0.2, 0.25) is 0 Å². The van der Waals surface area contributed by atoms with Gasteiger partial charge in [0.2, 0.25) is 0 Å². The monoisotopic (exact) mass is 195 g/mol. The van der Waals surface area contributed by atoms with Crippen LogP contribution in [-0.2, 0) is 0 Å². The van der Waals surface area contributed by atoms with Gasteiger partial charge in [0.25, 0.3) is 5.56 Å². The Morgan fingerprint density at radius 1 is 1.77 bits per heavy atom. The normalized spacial score (nSPS) is 9.00. The number of rotatable bonds is 2. The van der Waals surface area contributed by atoms with Crippen molar-refractivity contribution in [1.82, 2.24) is 9.97 Å². The molecule has 3 N–H and O–H groups in total. The first-order valence-corrected chi connectivity index (χ1v) is 4.60. The number of nitrogens with one attached hydrogen (secondary N) is 1. The Bertz CT molecular complexity index is 402. The maximum Gasteiger partial charge on any atom is 0.253 e. The molecule has 68 valence electrons. The van der Waals surface area contributed by atoms with E-state index >= 15 is 0 Å². The van der Waals surface area contributed by atoms with E-state index in [1.165, 1.54) is 17.8 Å². The Balaban J connectivity index is 2.75. The van der Waals surface area contributed by atoms with E-state index in [0.717, 1.165) is 0 Å². The lowest BCUT2D eigenvalue weighted by atomic mass is 10.6. The molecule has 0 unspecified atom stereocenters. The van der Waals surface area contributed by atoms with Crippen LogP contribution in [0.15, 0.2) is 16.0 Å². The van der Waals surface area contributed by atoms with Crippen LogP contribution < -0.4 is 11.3 Å². The summed E-state index contributed by atoms with van der Waals surface area (Å²) in [5.41, 5.74) is 5.15. The van der Waals surface area contributed by atoms with E-state index in [1.54, 1.807) is 6.92 Å². The minimum atomic E-state index is -0.237. The number of anilines is 1. The maximum absolute atomic E-state index is 10.9. The molecule has 0 bridgehead atoms. The largest absolute Gasteiger partial charge is 0.383 e. The van der Waals surface area contributed by atoms with Crippen molar-refractivity contribution in [3.05, 3.63) is 16.4 Å². The van der Waals surface area contributed by atoms with Gasteiger partial charge < -0.3 is 10.7 Å². The van der Waals surface area contributed by atoms with Gasteiger partial charge in [0.1, 0.15) is 5.82 Å². The summed E-state index contributed by atoms with van der Waals surface area (Å²) in [5, 5.41) is 0.507. The quantitative estimate of drug-likeness (QED) is 0.409. The second-order valence-corrected chi connectivity index (χ2v) is 3.15. The van der Waals surface area contributed by atoms with Crippen molar-refractivity contribution in [1.29, 1.82) is 0 Å². The van der Waals surface area contributed by atoms with Crippen LogP contribution in [0.1, 0.15) is 6.92 Å². The maximum atomic E-state index is 10.9. The molecule has 1 aromatic heterocycles. The van der Waals surface area contributed by atoms with Crippen LogP contribution in [0.3, 0.4) is 0 Å². The zero-order valence-electron chi connectivity index (χ0n) is 7.13. The number of nitrogens with two attached hydrogens (primary N) is 1. The molecule has 0 amide bonds. The van der Waals surface area contributed by atoms with Crippen molar-refractivity contribution in [2.24, 2.45) is 0 Å². The minimum absolute atomic E-state index is 0.232. The third-order valence-electron chi connectivity index (χ3n) is 1.20. The highest BCUT2D eigenvalue weighted by Gasteiger charge is 1.97. The lowest BCUT2D eigenvalue weighted by Crippen LogP contribution is -2.09. The molecule has 0 atom stereocenters. The number of thioether (sulfide) groups is 1. The molecule has 1 rings (SSSR count). The third kappa shape index (κ3) is 3.22. The molecular formula is C8H9N3OS. The Morgan fingerprint density at radius 3 is 3.15 bits per heavy atom. The van der Waals surface area contributed by atoms with Gasteiger partial charge in [-0.05, 0) is 6.92 Å². The predicted molar refractivity (Wildman–Crippen MR) is 53.4 cm³/mol. The molecule has 0 saturated carbocycles. The Kier molecular flexibility index (Phi) is 3.41. The van der Waals surface area contributed by atoms with E-state index in [0.29, 0.717) is 10.9 Å². The van der Waals surface area contributed by atoms with Crippen LogP contribution in [0.5, 0.6) is 0 Å². The molecule has 0 saturated heterocycles. The smallest absolute Gasteiger partial charge is 0.253 e. The van der Waals surface area contributed by atoms with Crippen LogP contribution in [0, 0.1) is 11.8 Å². The average Bonchev–Trinajstić information content (AvgIpc) is 2.03. The molecule has 0 fully saturated rings. The van der Waals surface area contributed by atoms with Crippen molar-refractivity contribution in [3.8, 4) is 11.8 Å². The second-order valence-electron chi connectivity index (χ2n) is 2.19. The van der Waals surface area contributed by atoms with E-state index in [1.807, 2.05) is 0 Å². The number of hydrogen-bond donors (Lipinski definition) is 2. The van der Waals surface area contributed by atoms with Crippen molar-refractivity contribution >= 4 is 17.6 Å². The molecule has 0 aliphatic carbocycles. The van der Waals surface area contributed by atoms with E-state index < -0.39 is 0 Å². The number of aromatic nitrogens is 2. The Labute approximate surface area is 80.0 Å². The first kappa shape index (κ1) is 9.68. The first-order chi connectivity index (χ1) is 6.22.